The standard InChI is InChI=1S/C26H21FN6S/c1-14(2)30-17-7-16(10-28-11-17)15-3-4-21-19(8-15)26(33-32-21)22-9-18-20(12-29-13-23(18)31-22)24-5-6-25(27)34-24/h3-14,30-31H,1-2H3,(H,32,33). The van der Waals surface area contributed by atoms with E-state index in [4.69, 9.17) is 0 Å². The van der Waals surface area contributed by atoms with Crippen LogP contribution in [-0.2, 0) is 0 Å². The van der Waals surface area contributed by atoms with Gasteiger partial charge in [-0.2, -0.15) is 9.49 Å². The van der Waals surface area contributed by atoms with Gasteiger partial charge in [-0.25, -0.2) is 0 Å². The fraction of sp³-hybridized carbons (Fsp3) is 0.115. The van der Waals surface area contributed by atoms with Crippen molar-refractivity contribution in [3.05, 3.63) is 72.4 Å². The van der Waals surface area contributed by atoms with E-state index in [0.717, 1.165) is 71.8 Å². The Bertz CT molecular complexity index is 1640. The second-order valence-electron chi connectivity index (χ2n) is 8.53. The molecule has 1 aromatic carbocycles. The summed E-state index contributed by atoms with van der Waals surface area (Å²) in [5, 5.41) is 12.9. The van der Waals surface area contributed by atoms with Crippen molar-refractivity contribution in [1.29, 1.82) is 0 Å². The molecule has 5 heterocycles. The van der Waals surface area contributed by atoms with Gasteiger partial charge < -0.3 is 10.3 Å². The molecule has 3 N–H and O–H groups in total. The maximum Gasteiger partial charge on any atom is 0.176 e. The van der Waals surface area contributed by atoms with Crippen LogP contribution in [0.2, 0.25) is 0 Å². The molecular weight excluding hydrogens is 447 g/mol. The highest BCUT2D eigenvalue weighted by Crippen LogP contribution is 2.36. The van der Waals surface area contributed by atoms with Gasteiger partial charge in [-0.3, -0.25) is 15.1 Å². The van der Waals surface area contributed by atoms with Crippen molar-refractivity contribution >= 4 is 38.8 Å². The van der Waals surface area contributed by atoms with E-state index in [-0.39, 0.29) is 5.13 Å². The Morgan fingerprint density at radius 3 is 2.59 bits per heavy atom. The Morgan fingerprint density at radius 1 is 0.882 bits per heavy atom. The van der Waals surface area contributed by atoms with Crippen LogP contribution < -0.4 is 5.32 Å². The van der Waals surface area contributed by atoms with E-state index in [9.17, 15) is 4.39 Å². The summed E-state index contributed by atoms with van der Waals surface area (Å²) < 4.78 is 13.6. The number of nitrogens with one attached hydrogen (secondary N) is 3. The van der Waals surface area contributed by atoms with Gasteiger partial charge >= 0.3 is 0 Å². The van der Waals surface area contributed by atoms with Crippen LogP contribution in [-0.4, -0.2) is 31.2 Å². The zero-order valence-corrected chi connectivity index (χ0v) is 19.4. The number of halogens is 1. The number of hydrogen-bond donors (Lipinski definition) is 3. The SMILES string of the molecule is CC(C)Nc1cncc(-c2ccc3[nH]nc(-c4cc5c(-c6ccc(F)s6)cncc5[nH]4)c3c2)c1. The zero-order valence-electron chi connectivity index (χ0n) is 18.6. The van der Waals surface area contributed by atoms with Crippen LogP contribution in [0.3, 0.4) is 0 Å². The van der Waals surface area contributed by atoms with Crippen LogP contribution in [0.5, 0.6) is 0 Å². The molecule has 0 saturated heterocycles. The highest BCUT2D eigenvalue weighted by molar-refractivity contribution is 7.14. The third kappa shape index (κ3) is 3.62. The molecule has 0 atom stereocenters. The van der Waals surface area contributed by atoms with Gasteiger partial charge in [-0.05, 0) is 55.8 Å². The molecule has 0 bridgehead atoms. The molecule has 5 aromatic heterocycles. The fourth-order valence-corrected chi connectivity index (χ4v) is 5.00. The highest BCUT2D eigenvalue weighted by atomic mass is 32.1. The van der Waals surface area contributed by atoms with Gasteiger partial charge in [0, 0.05) is 51.4 Å². The second kappa shape index (κ2) is 8.07. The molecule has 6 aromatic rings. The summed E-state index contributed by atoms with van der Waals surface area (Å²) in [6, 6.07) is 14.0. The van der Waals surface area contributed by atoms with Crippen molar-refractivity contribution in [1.82, 2.24) is 25.1 Å². The lowest BCUT2D eigenvalue weighted by atomic mass is 10.0. The minimum Gasteiger partial charge on any atom is -0.382 e. The quantitative estimate of drug-likeness (QED) is 0.258. The number of H-pyrrole nitrogens is 2. The molecule has 34 heavy (non-hydrogen) atoms. The number of fused-ring (bicyclic) bond motifs is 2. The van der Waals surface area contributed by atoms with Crippen molar-refractivity contribution in [2.75, 3.05) is 5.32 Å². The lowest BCUT2D eigenvalue weighted by Crippen LogP contribution is -2.09. The molecule has 0 spiro atoms. The third-order valence-corrected chi connectivity index (χ3v) is 6.64. The number of thiophene rings is 1. The van der Waals surface area contributed by atoms with Crippen LogP contribution in [0.4, 0.5) is 10.1 Å². The largest absolute Gasteiger partial charge is 0.382 e. The van der Waals surface area contributed by atoms with Gasteiger partial charge in [-0.1, -0.05) is 6.07 Å². The van der Waals surface area contributed by atoms with Crippen LogP contribution >= 0.6 is 11.3 Å². The molecule has 0 amide bonds. The molecular formula is C26H21FN6S. The summed E-state index contributed by atoms with van der Waals surface area (Å²) in [4.78, 5) is 13.0. The van der Waals surface area contributed by atoms with Crippen LogP contribution in [0.25, 0.3) is 54.8 Å². The second-order valence-corrected chi connectivity index (χ2v) is 9.56. The number of nitrogens with zero attached hydrogens (tertiary/aromatic N) is 3. The Labute approximate surface area is 198 Å². The summed E-state index contributed by atoms with van der Waals surface area (Å²) in [5.74, 6) is 0. The first kappa shape index (κ1) is 20.6. The molecule has 6 rings (SSSR count). The Kier molecular flexibility index (Phi) is 4.88. The number of pyridine rings is 2. The van der Waals surface area contributed by atoms with Crippen molar-refractivity contribution in [3.63, 3.8) is 0 Å². The molecule has 6 nitrogen and oxygen atoms in total. The van der Waals surface area contributed by atoms with Crippen LogP contribution in [0.15, 0.2) is 67.3 Å². The van der Waals surface area contributed by atoms with Crippen LogP contribution in [0, 0.1) is 5.13 Å². The fourth-order valence-electron chi connectivity index (χ4n) is 4.24. The van der Waals surface area contributed by atoms with Gasteiger partial charge in [0.2, 0.25) is 0 Å². The normalized spacial score (nSPS) is 11.6. The average molecular weight is 469 g/mol. The summed E-state index contributed by atoms with van der Waals surface area (Å²) >= 11 is 1.12. The third-order valence-electron chi connectivity index (χ3n) is 5.73. The molecule has 0 aliphatic carbocycles. The molecule has 0 fully saturated rings. The zero-order chi connectivity index (χ0) is 23.2. The Hall–Kier alpha value is -4.04. The van der Waals surface area contributed by atoms with E-state index in [2.05, 4.69) is 68.6 Å². The predicted molar refractivity (Wildman–Crippen MR) is 136 cm³/mol. The molecule has 0 unspecified atom stereocenters. The number of benzene rings is 1. The van der Waals surface area contributed by atoms with Crippen molar-refractivity contribution in [2.24, 2.45) is 0 Å². The number of anilines is 1. The van der Waals surface area contributed by atoms with Gasteiger partial charge in [-0.15, -0.1) is 11.3 Å². The van der Waals surface area contributed by atoms with E-state index in [0.29, 0.717) is 6.04 Å². The Balaban J connectivity index is 1.45. The molecule has 0 aliphatic heterocycles. The number of aromatic amines is 2. The number of hydrogen-bond acceptors (Lipinski definition) is 5. The lowest BCUT2D eigenvalue weighted by Gasteiger charge is -2.11. The van der Waals surface area contributed by atoms with E-state index >= 15 is 0 Å². The maximum atomic E-state index is 13.6. The molecule has 0 saturated carbocycles. The predicted octanol–water partition coefficient (Wildman–Crippen LogP) is 6.86. The molecule has 0 aliphatic rings. The highest BCUT2D eigenvalue weighted by Gasteiger charge is 2.15. The summed E-state index contributed by atoms with van der Waals surface area (Å²) in [6.07, 6.45) is 7.26. The lowest BCUT2D eigenvalue weighted by molar-refractivity contribution is 0.657. The summed E-state index contributed by atoms with van der Waals surface area (Å²) in [6.45, 7) is 4.21. The maximum absolute atomic E-state index is 13.6. The van der Waals surface area contributed by atoms with E-state index < -0.39 is 0 Å². The minimum atomic E-state index is -0.212. The van der Waals surface area contributed by atoms with Gasteiger partial charge in [0.1, 0.15) is 5.69 Å². The molecule has 8 heteroatoms. The number of aromatic nitrogens is 5. The molecule has 0 radical (unpaired) electrons. The minimum absolute atomic E-state index is 0.212. The van der Waals surface area contributed by atoms with Gasteiger partial charge in [0.05, 0.1) is 28.6 Å². The van der Waals surface area contributed by atoms with Gasteiger partial charge in [0.25, 0.3) is 0 Å². The topological polar surface area (TPSA) is 82.3 Å². The first-order chi connectivity index (χ1) is 16.5. The summed E-state index contributed by atoms with van der Waals surface area (Å²) in [5.41, 5.74) is 7.49. The van der Waals surface area contributed by atoms with Crippen molar-refractivity contribution in [3.8, 4) is 33.0 Å². The smallest absolute Gasteiger partial charge is 0.176 e. The first-order valence-electron chi connectivity index (χ1n) is 11.0. The first-order valence-corrected chi connectivity index (χ1v) is 11.8. The average Bonchev–Trinajstić information content (AvgIpc) is 3.55. The van der Waals surface area contributed by atoms with Crippen molar-refractivity contribution < 1.29 is 4.39 Å². The van der Waals surface area contributed by atoms with E-state index in [1.165, 1.54) is 6.07 Å². The van der Waals surface area contributed by atoms with Crippen LogP contribution in [0.1, 0.15) is 13.8 Å². The number of rotatable bonds is 5. The van der Waals surface area contributed by atoms with E-state index in [1.807, 2.05) is 18.5 Å². The van der Waals surface area contributed by atoms with Gasteiger partial charge in [0.15, 0.2) is 5.13 Å². The van der Waals surface area contributed by atoms with Crippen molar-refractivity contribution in [2.45, 2.75) is 19.9 Å². The Morgan fingerprint density at radius 2 is 1.76 bits per heavy atom. The summed E-state index contributed by atoms with van der Waals surface area (Å²) in [7, 11) is 0. The molecule has 168 valence electrons. The monoisotopic (exact) mass is 468 g/mol. The van der Waals surface area contributed by atoms with E-state index in [1.54, 1.807) is 18.5 Å².